The molecule has 0 aliphatic heterocycles. The fourth-order valence-corrected chi connectivity index (χ4v) is 0.649. The van der Waals surface area contributed by atoms with Gasteiger partial charge in [-0.15, -0.1) is 0 Å². The van der Waals surface area contributed by atoms with E-state index in [1.54, 1.807) is 6.92 Å². The van der Waals surface area contributed by atoms with Gasteiger partial charge in [-0.1, -0.05) is 0 Å². The summed E-state index contributed by atoms with van der Waals surface area (Å²) < 4.78 is 0. The molecule has 5 N–H and O–H groups in total. The Morgan fingerprint density at radius 2 is 1.91 bits per heavy atom. The van der Waals surface area contributed by atoms with E-state index in [9.17, 15) is 9.59 Å². The molecule has 0 aliphatic carbocycles. The van der Waals surface area contributed by atoms with Crippen LogP contribution in [0.25, 0.3) is 0 Å². The van der Waals surface area contributed by atoms with Crippen LogP contribution in [0, 0.1) is 0 Å². The van der Waals surface area contributed by atoms with Crippen LogP contribution in [0.15, 0.2) is 0 Å². The van der Waals surface area contributed by atoms with Crippen LogP contribution in [0.3, 0.4) is 0 Å². The minimum atomic E-state index is -0.443. The van der Waals surface area contributed by atoms with Gasteiger partial charge in [0.05, 0.1) is 6.54 Å². The smallest absolute Gasteiger partial charge is 0.231 e. The highest BCUT2D eigenvalue weighted by atomic mass is 16.1. The number of rotatable bonds is 5. The van der Waals surface area contributed by atoms with Crippen molar-refractivity contribution in [1.29, 1.82) is 0 Å². The van der Waals surface area contributed by atoms with Gasteiger partial charge in [0.15, 0.2) is 0 Å². The van der Waals surface area contributed by atoms with Gasteiger partial charge in [-0.2, -0.15) is 0 Å². The molecule has 0 unspecified atom stereocenters. The molecule has 5 nitrogen and oxygen atoms in total. The van der Waals surface area contributed by atoms with Crippen LogP contribution < -0.4 is 16.8 Å². The Kier molecular flexibility index (Phi) is 4.21. The summed E-state index contributed by atoms with van der Waals surface area (Å²) in [5, 5.41) is 2.74. The second kappa shape index (κ2) is 4.68. The van der Waals surface area contributed by atoms with Crippen LogP contribution in [-0.4, -0.2) is 24.4 Å². The Labute approximate surface area is 65.1 Å². The average molecular weight is 159 g/mol. The highest BCUT2D eigenvalue weighted by Gasteiger charge is 2.05. The summed E-state index contributed by atoms with van der Waals surface area (Å²) in [7, 11) is 0. The highest BCUT2D eigenvalue weighted by molar-refractivity contribution is 5.76. The number of amides is 2. The van der Waals surface area contributed by atoms with Crippen molar-refractivity contribution in [3.63, 3.8) is 0 Å². The lowest BCUT2D eigenvalue weighted by Crippen LogP contribution is -2.37. The standard InChI is InChI=1S/C6H13N3O2/c1-4(2-5(7)10)9-3-6(8)11/h4,9H,2-3H2,1H3,(H2,7,10)(H2,8,11)/t4-/m0/s1. The summed E-state index contributed by atoms with van der Waals surface area (Å²) in [5.74, 6) is -0.837. The summed E-state index contributed by atoms with van der Waals surface area (Å²) in [6, 6.07) is -0.0972. The predicted octanol–water partition coefficient (Wildman–Crippen LogP) is -1.67. The average Bonchev–Trinajstić information content (AvgIpc) is 1.82. The van der Waals surface area contributed by atoms with Crippen molar-refractivity contribution in [1.82, 2.24) is 5.32 Å². The fourth-order valence-electron chi connectivity index (χ4n) is 0.649. The van der Waals surface area contributed by atoms with Crippen molar-refractivity contribution >= 4 is 11.8 Å². The molecular weight excluding hydrogens is 146 g/mol. The van der Waals surface area contributed by atoms with Crippen LogP contribution in [0.4, 0.5) is 0 Å². The molecule has 0 saturated heterocycles. The lowest BCUT2D eigenvalue weighted by molar-refractivity contribution is -0.119. The molecule has 0 aromatic heterocycles. The molecule has 1 atom stereocenters. The van der Waals surface area contributed by atoms with E-state index in [1.807, 2.05) is 0 Å². The summed E-state index contributed by atoms with van der Waals surface area (Å²) in [6.45, 7) is 1.84. The zero-order valence-electron chi connectivity index (χ0n) is 6.46. The van der Waals surface area contributed by atoms with E-state index in [0.717, 1.165) is 0 Å². The first-order chi connectivity index (χ1) is 5.02. The molecule has 5 heteroatoms. The molecule has 0 radical (unpaired) electrons. The van der Waals surface area contributed by atoms with E-state index in [2.05, 4.69) is 5.32 Å². The molecule has 0 heterocycles. The molecule has 11 heavy (non-hydrogen) atoms. The number of primary amides is 2. The van der Waals surface area contributed by atoms with E-state index in [4.69, 9.17) is 11.5 Å². The fraction of sp³-hybridized carbons (Fsp3) is 0.667. The summed E-state index contributed by atoms with van der Waals surface area (Å²) in [5.41, 5.74) is 9.76. The lowest BCUT2D eigenvalue weighted by atomic mass is 10.2. The van der Waals surface area contributed by atoms with Crippen LogP contribution in [-0.2, 0) is 9.59 Å². The largest absolute Gasteiger partial charge is 0.370 e. The molecular formula is C6H13N3O2. The van der Waals surface area contributed by atoms with Gasteiger partial charge in [0, 0.05) is 12.5 Å². The van der Waals surface area contributed by atoms with Crippen molar-refractivity contribution in [2.45, 2.75) is 19.4 Å². The Balaban J connectivity index is 3.44. The molecule has 0 fully saturated rings. The molecule has 0 bridgehead atoms. The zero-order chi connectivity index (χ0) is 8.85. The first kappa shape index (κ1) is 9.90. The van der Waals surface area contributed by atoms with Crippen molar-refractivity contribution in [2.24, 2.45) is 11.5 Å². The number of nitrogens with two attached hydrogens (primary N) is 2. The van der Waals surface area contributed by atoms with Gasteiger partial charge in [0.1, 0.15) is 0 Å². The van der Waals surface area contributed by atoms with E-state index in [-0.39, 0.29) is 19.0 Å². The van der Waals surface area contributed by atoms with Crippen molar-refractivity contribution in [2.75, 3.05) is 6.54 Å². The maximum atomic E-state index is 10.3. The van der Waals surface area contributed by atoms with Gasteiger partial charge in [-0.05, 0) is 6.92 Å². The SMILES string of the molecule is C[C@@H](CC(N)=O)NCC(N)=O. The topological polar surface area (TPSA) is 98.2 Å². The third kappa shape index (κ3) is 6.79. The first-order valence-electron chi connectivity index (χ1n) is 3.32. The molecule has 0 spiro atoms. The zero-order valence-corrected chi connectivity index (χ0v) is 6.46. The van der Waals surface area contributed by atoms with Crippen molar-refractivity contribution < 1.29 is 9.59 Å². The Hall–Kier alpha value is -1.10. The van der Waals surface area contributed by atoms with Gasteiger partial charge in [-0.3, -0.25) is 9.59 Å². The number of hydrogen-bond acceptors (Lipinski definition) is 3. The van der Waals surface area contributed by atoms with Gasteiger partial charge in [0.25, 0.3) is 0 Å². The van der Waals surface area contributed by atoms with E-state index < -0.39 is 11.8 Å². The molecule has 0 aliphatic rings. The monoisotopic (exact) mass is 159 g/mol. The Bertz CT molecular complexity index is 158. The van der Waals surface area contributed by atoms with Crippen LogP contribution in [0.1, 0.15) is 13.3 Å². The number of nitrogens with one attached hydrogen (secondary N) is 1. The number of hydrogen-bond donors (Lipinski definition) is 3. The van der Waals surface area contributed by atoms with Crippen LogP contribution in [0.2, 0.25) is 0 Å². The molecule has 2 amide bonds. The van der Waals surface area contributed by atoms with E-state index in [0.29, 0.717) is 0 Å². The predicted molar refractivity (Wildman–Crippen MR) is 40.5 cm³/mol. The van der Waals surface area contributed by atoms with Crippen molar-refractivity contribution in [3.8, 4) is 0 Å². The second-order valence-corrected chi connectivity index (χ2v) is 2.42. The second-order valence-electron chi connectivity index (χ2n) is 2.42. The summed E-state index contributed by atoms with van der Waals surface area (Å²) in [6.07, 6.45) is 0.216. The third-order valence-corrected chi connectivity index (χ3v) is 1.13. The maximum Gasteiger partial charge on any atom is 0.231 e. The Morgan fingerprint density at radius 3 is 2.27 bits per heavy atom. The van der Waals surface area contributed by atoms with E-state index >= 15 is 0 Å². The summed E-state index contributed by atoms with van der Waals surface area (Å²) in [4.78, 5) is 20.6. The van der Waals surface area contributed by atoms with Gasteiger partial charge >= 0.3 is 0 Å². The lowest BCUT2D eigenvalue weighted by Gasteiger charge is -2.08. The molecule has 0 rings (SSSR count). The Morgan fingerprint density at radius 1 is 1.36 bits per heavy atom. The normalized spacial score (nSPS) is 12.5. The number of carbonyl (C=O) groups is 2. The quantitative estimate of drug-likeness (QED) is 0.447. The van der Waals surface area contributed by atoms with Gasteiger partial charge < -0.3 is 16.8 Å². The minimum absolute atomic E-state index is 0.0778. The third-order valence-electron chi connectivity index (χ3n) is 1.13. The first-order valence-corrected chi connectivity index (χ1v) is 3.32. The maximum absolute atomic E-state index is 10.3. The van der Waals surface area contributed by atoms with Crippen molar-refractivity contribution in [3.05, 3.63) is 0 Å². The van der Waals surface area contributed by atoms with Crippen LogP contribution >= 0.6 is 0 Å². The highest BCUT2D eigenvalue weighted by Crippen LogP contribution is 1.86. The number of carbonyl (C=O) groups excluding carboxylic acids is 2. The van der Waals surface area contributed by atoms with Gasteiger partial charge in [-0.25, -0.2) is 0 Å². The molecule has 0 aromatic rings. The van der Waals surface area contributed by atoms with E-state index in [1.165, 1.54) is 0 Å². The van der Waals surface area contributed by atoms with Crippen LogP contribution in [0.5, 0.6) is 0 Å². The molecule has 0 saturated carbocycles. The molecule has 64 valence electrons. The summed E-state index contributed by atoms with van der Waals surface area (Å²) >= 11 is 0. The molecule has 0 aromatic carbocycles. The van der Waals surface area contributed by atoms with Gasteiger partial charge in [0.2, 0.25) is 11.8 Å². The minimum Gasteiger partial charge on any atom is -0.370 e.